The largest absolute Gasteiger partial charge is 0.507 e. The second kappa shape index (κ2) is 12.5. The van der Waals surface area contributed by atoms with Gasteiger partial charge in [-0.2, -0.15) is 0 Å². The minimum atomic E-state index is -0.322. The number of benzene rings is 2. The van der Waals surface area contributed by atoms with Crippen LogP contribution in [0.15, 0.2) is 65.3 Å². The van der Waals surface area contributed by atoms with E-state index in [1.807, 2.05) is 0 Å². The smallest absolute Gasteiger partial charge is 0.186 e. The molecule has 2 heteroatoms. The normalized spacial score (nSPS) is 16.2. The van der Waals surface area contributed by atoms with Gasteiger partial charge in [-0.05, 0) is 97.0 Å². The van der Waals surface area contributed by atoms with Crippen LogP contribution < -0.4 is 0 Å². The Labute approximate surface area is 288 Å². The Kier molecular flexibility index (Phi) is 10.3. The van der Waals surface area contributed by atoms with Crippen LogP contribution in [-0.2, 0) is 15.6 Å². The van der Waals surface area contributed by atoms with E-state index in [1.165, 1.54) is 5.56 Å². The van der Waals surface area contributed by atoms with E-state index >= 15 is 0 Å². The number of carbonyl (C=O) groups is 1. The van der Waals surface area contributed by atoms with Gasteiger partial charge < -0.3 is 5.11 Å². The minimum absolute atomic E-state index is 0.120. The molecule has 0 heterocycles. The molecule has 0 bridgehead atoms. The number of ketones is 1. The van der Waals surface area contributed by atoms with Gasteiger partial charge in [0.2, 0.25) is 0 Å². The van der Waals surface area contributed by atoms with Crippen molar-refractivity contribution in [3.63, 3.8) is 0 Å². The molecule has 47 heavy (non-hydrogen) atoms. The summed E-state index contributed by atoms with van der Waals surface area (Å²) in [5.41, 5.74) is 8.32. The van der Waals surface area contributed by atoms with Gasteiger partial charge in [-0.15, -0.1) is 0 Å². The number of Topliss-reactive ketones (excluding diaryl/α,β-unsaturated/α-hetero) is 1. The molecule has 1 aliphatic carbocycles. The predicted octanol–water partition coefficient (Wildman–Crippen LogP) is 12.9. The number of allylic oxidation sites excluding steroid dienone is 5. The van der Waals surface area contributed by atoms with Crippen LogP contribution in [0.5, 0.6) is 5.75 Å². The van der Waals surface area contributed by atoms with Crippen LogP contribution in [0.3, 0.4) is 0 Å². The van der Waals surface area contributed by atoms with Crippen molar-refractivity contribution in [2.45, 2.75) is 148 Å². The first kappa shape index (κ1) is 38.6. The highest BCUT2D eigenvalue weighted by molar-refractivity contribution is 6.12. The molecule has 0 fully saturated rings. The van der Waals surface area contributed by atoms with Crippen molar-refractivity contribution in [1.82, 2.24) is 0 Å². The van der Waals surface area contributed by atoms with E-state index in [4.69, 9.17) is 0 Å². The van der Waals surface area contributed by atoms with Crippen molar-refractivity contribution in [1.29, 1.82) is 0 Å². The van der Waals surface area contributed by atoms with Gasteiger partial charge in [0.05, 0.1) is 0 Å². The summed E-state index contributed by atoms with van der Waals surface area (Å²) in [6, 6.07) is 13.6. The quantitative estimate of drug-likeness (QED) is 0.362. The SMILES string of the molecule is CC(C)(C)CC(c1ccc(C(=C2C=C(C(C)(C)C)C(=O)C(C(C)(C)C)=C2)c2cc(C(C)(C)C)c(O)c(C(C)(C)C)c2)cc1)C(C)(C)C. The lowest BCUT2D eigenvalue weighted by atomic mass is 9.69. The topological polar surface area (TPSA) is 37.3 Å². The van der Waals surface area contributed by atoms with Crippen molar-refractivity contribution in [2.24, 2.45) is 21.7 Å². The van der Waals surface area contributed by atoms with Crippen LogP contribution in [0.4, 0.5) is 0 Å². The van der Waals surface area contributed by atoms with Crippen LogP contribution >= 0.6 is 0 Å². The first-order chi connectivity index (χ1) is 20.9. The molecular formula is C45H66O2. The molecule has 0 aromatic heterocycles. The van der Waals surface area contributed by atoms with E-state index in [-0.39, 0.29) is 38.3 Å². The molecule has 0 amide bonds. The lowest BCUT2D eigenvalue weighted by Gasteiger charge is -2.36. The molecule has 1 aliphatic rings. The van der Waals surface area contributed by atoms with Crippen molar-refractivity contribution < 1.29 is 9.90 Å². The Hall–Kier alpha value is -2.87. The summed E-state index contributed by atoms with van der Waals surface area (Å²) in [5.74, 6) is 0.919. The number of hydrogen-bond acceptors (Lipinski definition) is 2. The second-order valence-corrected chi connectivity index (χ2v) is 20.5. The Balaban J connectivity index is 2.54. The molecule has 1 atom stereocenters. The fourth-order valence-electron chi connectivity index (χ4n) is 6.73. The Morgan fingerprint density at radius 1 is 0.596 bits per heavy atom. The average molecular weight is 639 g/mol. The van der Waals surface area contributed by atoms with Crippen LogP contribution in [0.25, 0.3) is 5.57 Å². The van der Waals surface area contributed by atoms with Gasteiger partial charge in [-0.3, -0.25) is 4.79 Å². The average Bonchev–Trinajstić information content (AvgIpc) is 2.85. The molecule has 0 saturated carbocycles. The van der Waals surface area contributed by atoms with Crippen LogP contribution in [-0.4, -0.2) is 10.9 Å². The Morgan fingerprint density at radius 3 is 1.32 bits per heavy atom. The maximum Gasteiger partial charge on any atom is 0.186 e. The molecule has 0 radical (unpaired) electrons. The molecule has 2 aromatic rings. The van der Waals surface area contributed by atoms with Crippen molar-refractivity contribution in [3.05, 3.63) is 93.1 Å². The highest BCUT2D eigenvalue weighted by Gasteiger charge is 2.36. The van der Waals surface area contributed by atoms with Gasteiger partial charge in [-0.1, -0.05) is 149 Å². The lowest BCUT2D eigenvalue weighted by molar-refractivity contribution is -0.114. The third kappa shape index (κ3) is 8.98. The third-order valence-corrected chi connectivity index (χ3v) is 9.47. The molecule has 2 aromatic carbocycles. The van der Waals surface area contributed by atoms with Crippen molar-refractivity contribution in [3.8, 4) is 5.75 Å². The van der Waals surface area contributed by atoms with E-state index in [0.717, 1.165) is 51.0 Å². The standard InChI is InChI=1S/C45H66O2/c1-40(2,3)27-36(45(16,17)18)28-19-21-29(22-20-28)37(30-23-32(41(4,5)6)38(46)33(24-30)42(7,8)9)31-25-34(43(10,11)12)39(47)35(26-31)44(13,14)15/h19-26,36,46H,27H2,1-18H3. The van der Waals surface area contributed by atoms with Gasteiger partial charge >= 0.3 is 0 Å². The molecular weight excluding hydrogens is 572 g/mol. The maximum atomic E-state index is 14.0. The van der Waals surface area contributed by atoms with E-state index in [1.54, 1.807) is 0 Å². The molecule has 3 rings (SSSR count). The third-order valence-electron chi connectivity index (χ3n) is 9.47. The molecule has 258 valence electrons. The van der Waals surface area contributed by atoms with Gasteiger partial charge in [0.15, 0.2) is 5.78 Å². The number of hydrogen-bond donors (Lipinski definition) is 1. The molecule has 0 aliphatic heterocycles. The van der Waals surface area contributed by atoms with Crippen LogP contribution in [0, 0.1) is 21.7 Å². The van der Waals surface area contributed by atoms with E-state index in [9.17, 15) is 9.90 Å². The highest BCUT2D eigenvalue weighted by atomic mass is 16.3. The Bertz CT molecular complexity index is 1510. The van der Waals surface area contributed by atoms with Gasteiger partial charge in [0.1, 0.15) is 5.75 Å². The molecule has 1 unspecified atom stereocenters. The summed E-state index contributed by atoms with van der Waals surface area (Å²) in [6.45, 7) is 39.8. The van der Waals surface area contributed by atoms with E-state index in [0.29, 0.717) is 11.7 Å². The second-order valence-electron chi connectivity index (χ2n) is 20.5. The molecule has 0 spiro atoms. The van der Waals surface area contributed by atoms with Crippen LogP contribution in [0.2, 0.25) is 0 Å². The summed E-state index contributed by atoms with van der Waals surface area (Å²) in [6.07, 6.45) is 5.38. The molecule has 2 nitrogen and oxygen atoms in total. The van der Waals surface area contributed by atoms with Gasteiger partial charge in [0.25, 0.3) is 0 Å². The number of rotatable bonds is 4. The first-order valence-electron chi connectivity index (χ1n) is 17.6. The summed E-state index contributed by atoms with van der Waals surface area (Å²) in [4.78, 5) is 14.0. The van der Waals surface area contributed by atoms with E-state index in [2.05, 4.69) is 173 Å². The highest BCUT2D eigenvalue weighted by Crippen LogP contribution is 2.47. The van der Waals surface area contributed by atoms with Gasteiger partial charge in [0, 0.05) is 22.3 Å². The fraction of sp³-hybridized carbons (Fsp3) is 0.578. The lowest BCUT2D eigenvalue weighted by Crippen LogP contribution is -2.28. The monoisotopic (exact) mass is 639 g/mol. The zero-order chi connectivity index (χ0) is 36.3. The number of phenolic OH excluding ortho intramolecular Hbond substituents is 1. The maximum absolute atomic E-state index is 14.0. The number of aromatic hydroxyl groups is 1. The Morgan fingerprint density at radius 2 is 1.00 bits per heavy atom. The summed E-state index contributed by atoms with van der Waals surface area (Å²) in [7, 11) is 0. The number of phenols is 1. The summed E-state index contributed by atoms with van der Waals surface area (Å²) < 4.78 is 0. The summed E-state index contributed by atoms with van der Waals surface area (Å²) in [5, 5.41) is 11.7. The molecule has 0 saturated heterocycles. The van der Waals surface area contributed by atoms with E-state index < -0.39 is 0 Å². The zero-order valence-corrected chi connectivity index (χ0v) is 33.3. The zero-order valence-electron chi connectivity index (χ0n) is 33.3. The van der Waals surface area contributed by atoms with Crippen molar-refractivity contribution >= 4 is 11.4 Å². The summed E-state index contributed by atoms with van der Waals surface area (Å²) >= 11 is 0. The minimum Gasteiger partial charge on any atom is -0.507 e. The fourth-order valence-corrected chi connectivity index (χ4v) is 6.73. The number of carbonyl (C=O) groups excluding carboxylic acids is 1. The predicted molar refractivity (Wildman–Crippen MR) is 204 cm³/mol. The van der Waals surface area contributed by atoms with Crippen LogP contribution in [0.1, 0.15) is 165 Å². The molecule has 1 N–H and O–H groups in total. The van der Waals surface area contributed by atoms with Gasteiger partial charge in [-0.25, -0.2) is 0 Å². The van der Waals surface area contributed by atoms with Crippen molar-refractivity contribution in [2.75, 3.05) is 0 Å². The first-order valence-corrected chi connectivity index (χ1v) is 17.6.